The second-order valence-electron chi connectivity index (χ2n) is 17.6. The molecule has 0 aromatic heterocycles. The van der Waals surface area contributed by atoms with Gasteiger partial charge in [-0.15, -0.1) is 0 Å². The zero-order valence-corrected chi connectivity index (χ0v) is 38.7. The summed E-state index contributed by atoms with van der Waals surface area (Å²) in [5, 5.41) is 54.1. The fourth-order valence-corrected chi connectivity index (χ4v) is 7.89. The Kier molecular flexibility index (Phi) is 39.0. The molecule has 1 heterocycles. The Hall–Kier alpha value is -1.59. The van der Waals surface area contributed by atoms with Crippen molar-refractivity contribution >= 4 is 5.91 Å². The van der Waals surface area contributed by atoms with Gasteiger partial charge in [0, 0.05) is 6.42 Å². The van der Waals surface area contributed by atoms with Gasteiger partial charge in [-0.3, -0.25) is 4.79 Å². The molecule has 6 N–H and O–H groups in total. The number of hydrogen-bond acceptors (Lipinski definition) is 8. The molecule has 60 heavy (non-hydrogen) atoms. The van der Waals surface area contributed by atoms with Crippen molar-refractivity contribution in [2.45, 2.75) is 269 Å². The Bertz CT molecular complexity index is 1030. The Morgan fingerprint density at radius 1 is 0.550 bits per heavy atom. The van der Waals surface area contributed by atoms with Crippen LogP contribution in [0.4, 0.5) is 0 Å². The number of aliphatic hydroxyl groups excluding tert-OH is 5. The summed E-state index contributed by atoms with van der Waals surface area (Å²) >= 11 is 0. The van der Waals surface area contributed by atoms with Crippen LogP contribution in [0.5, 0.6) is 0 Å². The second kappa shape index (κ2) is 41.4. The monoisotopic (exact) mass is 850 g/mol. The number of ether oxygens (including phenoxy) is 2. The molecule has 0 aliphatic carbocycles. The number of allylic oxidation sites excluding steroid dienone is 5. The van der Waals surface area contributed by atoms with Crippen LogP contribution in [0, 0.1) is 0 Å². The fourth-order valence-electron chi connectivity index (χ4n) is 7.89. The average Bonchev–Trinajstić information content (AvgIpc) is 3.25. The summed E-state index contributed by atoms with van der Waals surface area (Å²) in [7, 11) is 0. The first kappa shape index (κ1) is 56.4. The van der Waals surface area contributed by atoms with E-state index in [0.29, 0.717) is 6.42 Å². The van der Waals surface area contributed by atoms with Crippen molar-refractivity contribution < 1.29 is 39.8 Å². The zero-order valence-electron chi connectivity index (χ0n) is 38.7. The van der Waals surface area contributed by atoms with Crippen molar-refractivity contribution in [2.24, 2.45) is 0 Å². The zero-order chi connectivity index (χ0) is 43.7. The van der Waals surface area contributed by atoms with Crippen LogP contribution in [-0.4, -0.2) is 87.5 Å². The third-order valence-electron chi connectivity index (χ3n) is 11.9. The lowest BCUT2D eigenvalue weighted by Crippen LogP contribution is -2.60. The first-order valence-electron chi connectivity index (χ1n) is 25.2. The molecule has 352 valence electrons. The molecule has 0 aromatic carbocycles. The quantitative estimate of drug-likeness (QED) is 0.0263. The van der Waals surface area contributed by atoms with Crippen LogP contribution in [0.1, 0.15) is 226 Å². The summed E-state index contributed by atoms with van der Waals surface area (Å²) in [4.78, 5) is 12.9. The molecule has 7 unspecified atom stereocenters. The maximum absolute atomic E-state index is 12.9. The number of carbonyl (C=O) groups excluding carboxylic acids is 1. The molecule has 0 bridgehead atoms. The highest BCUT2D eigenvalue weighted by Crippen LogP contribution is 2.23. The average molecular weight is 850 g/mol. The van der Waals surface area contributed by atoms with Crippen LogP contribution in [0.2, 0.25) is 0 Å². The van der Waals surface area contributed by atoms with Gasteiger partial charge in [0.25, 0.3) is 0 Å². The van der Waals surface area contributed by atoms with E-state index >= 15 is 0 Å². The molecule has 7 atom stereocenters. The number of carbonyl (C=O) groups is 1. The molecule has 1 fully saturated rings. The summed E-state index contributed by atoms with van der Waals surface area (Å²) in [6.45, 7) is 3.73. The number of aliphatic hydroxyl groups is 5. The molecular weight excluding hydrogens is 755 g/mol. The van der Waals surface area contributed by atoms with Gasteiger partial charge in [0.05, 0.1) is 25.4 Å². The molecule has 1 rings (SSSR count). The van der Waals surface area contributed by atoms with Crippen molar-refractivity contribution in [1.82, 2.24) is 5.32 Å². The van der Waals surface area contributed by atoms with Crippen LogP contribution < -0.4 is 5.32 Å². The molecule has 0 radical (unpaired) electrons. The van der Waals surface area contributed by atoms with Crippen molar-refractivity contribution in [3.05, 3.63) is 36.5 Å². The second-order valence-corrected chi connectivity index (χ2v) is 17.6. The highest BCUT2D eigenvalue weighted by Gasteiger charge is 2.44. The lowest BCUT2D eigenvalue weighted by Gasteiger charge is -2.40. The van der Waals surface area contributed by atoms with Gasteiger partial charge in [-0.1, -0.05) is 211 Å². The van der Waals surface area contributed by atoms with Gasteiger partial charge in [-0.25, -0.2) is 0 Å². The molecule has 9 nitrogen and oxygen atoms in total. The minimum Gasteiger partial charge on any atom is -0.394 e. The topological polar surface area (TPSA) is 149 Å². The highest BCUT2D eigenvalue weighted by atomic mass is 16.7. The van der Waals surface area contributed by atoms with E-state index in [1.165, 1.54) is 161 Å². The van der Waals surface area contributed by atoms with E-state index in [4.69, 9.17) is 9.47 Å². The third-order valence-corrected chi connectivity index (χ3v) is 11.9. The van der Waals surface area contributed by atoms with Crippen LogP contribution in [-0.2, 0) is 14.3 Å². The Labute approximate surface area is 368 Å². The van der Waals surface area contributed by atoms with E-state index < -0.39 is 49.5 Å². The first-order chi connectivity index (χ1) is 29.3. The largest absolute Gasteiger partial charge is 0.394 e. The number of rotatable bonds is 42. The first-order valence-corrected chi connectivity index (χ1v) is 25.2. The molecular formula is C51H95NO8. The van der Waals surface area contributed by atoms with Gasteiger partial charge in [-0.2, -0.15) is 0 Å². The normalized spacial score (nSPS) is 20.8. The van der Waals surface area contributed by atoms with E-state index in [-0.39, 0.29) is 12.5 Å². The lowest BCUT2D eigenvalue weighted by atomic mass is 9.99. The molecule has 1 amide bonds. The molecule has 0 aromatic rings. The minimum atomic E-state index is -1.57. The van der Waals surface area contributed by atoms with Crippen LogP contribution in [0.15, 0.2) is 36.5 Å². The van der Waals surface area contributed by atoms with Crippen molar-refractivity contribution in [3.63, 3.8) is 0 Å². The number of amides is 1. The predicted octanol–water partition coefficient (Wildman–Crippen LogP) is 11.2. The van der Waals surface area contributed by atoms with Crippen LogP contribution in [0.25, 0.3) is 0 Å². The summed E-state index contributed by atoms with van der Waals surface area (Å²) in [6, 6.07) is -0.823. The molecule has 0 saturated carbocycles. The van der Waals surface area contributed by atoms with E-state index in [1.807, 2.05) is 6.08 Å². The standard InChI is InChI=1S/C51H95NO8/c1-3-5-7-9-11-13-14-15-16-17-18-19-20-21-22-23-24-25-26-27-28-29-30-31-33-34-36-38-40-45(54)44(43-59-51-50(58)49(57)48(56)46(42-53)60-51)52-47(55)41-39-37-35-32-12-10-8-6-4-2/h27-28,31,33,38,40,44-46,48-51,53-54,56-58H,3-26,29-30,32,34-37,39,41-43H2,1-2H3,(H,52,55)/b28-27+,33-31+,40-38+. The Morgan fingerprint density at radius 2 is 0.950 bits per heavy atom. The summed E-state index contributed by atoms with van der Waals surface area (Å²) in [5.41, 5.74) is 0. The van der Waals surface area contributed by atoms with Gasteiger partial charge in [-0.05, 0) is 44.9 Å². The summed E-state index contributed by atoms with van der Waals surface area (Å²) in [5.74, 6) is -0.194. The predicted molar refractivity (Wildman–Crippen MR) is 249 cm³/mol. The Balaban J connectivity index is 2.23. The van der Waals surface area contributed by atoms with Gasteiger partial charge in [0.15, 0.2) is 6.29 Å². The maximum atomic E-state index is 12.9. The van der Waals surface area contributed by atoms with Gasteiger partial charge >= 0.3 is 0 Å². The van der Waals surface area contributed by atoms with E-state index in [2.05, 4.69) is 43.5 Å². The SMILES string of the molecule is CCCCCCCCCCCCCCCCCCCC/C=C/CC/C=C/CC/C=C/C(O)C(COC1OC(CO)C(O)C(O)C1O)NC(=O)CCCCCCCCCCC. The fraction of sp³-hybridized carbons (Fsp3) is 0.863. The van der Waals surface area contributed by atoms with Crippen molar-refractivity contribution in [1.29, 1.82) is 0 Å². The van der Waals surface area contributed by atoms with E-state index in [0.717, 1.165) is 44.9 Å². The van der Waals surface area contributed by atoms with E-state index in [9.17, 15) is 30.3 Å². The Morgan fingerprint density at radius 3 is 1.40 bits per heavy atom. The van der Waals surface area contributed by atoms with E-state index in [1.54, 1.807) is 6.08 Å². The summed E-state index contributed by atoms with van der Waals surface area (Å²) < 4.78 is 11.2. The number of hydrogen-bond donors (Lipinski definition) is 6. The molecule has 1 aliphatic heterocycles. The third kappa shape index (κ3) is 31.3. The number of nitrogens with one attached hydrogen (secondary N) is 1. The summed E-state index contributed by atoms with van der Waals surface area (Å²) in [6.07, 6.45) is 45.1. The smallest absolute Gasteiger partial charge is 0.220 e. The van der Waals surface area contributed by atoms with Crippen LogP contribution in [0.3, 0.4) is 0 Å². The lowest BCUT2D eigenvalue weighted by molar-refractivity contribution is -0.302. The van der Waals surface area contributed by atoms with Crippen molar-refractivity contribution in [2.75, 3.05) is 13.2 Å². The molecule has 9 heteroatoms. The van der Waals surface area contributed by atoms with Crippen LogP contribution >= 0.6 is 0 Å². The van der Waals surface area contributed by atoms with Gasteiger partial charge in [0.1, 0.15) is 24.4 Å². The van der Waals surface area contributed by atoms with Gasteiger partial charge < -0.3 is 40.3 Å². The molecule has 1 aliphatic rings. The maximum Gasteiger partial charge on any atom is 0.220 e. The highest BCUT2D eigenvalue weighted by molar-refractivity contribution is 5.76. The molecule has 1 saturated heterocycles. The van der Waals surface area contributed by atoms with Crippen molar-refractivity contribution in [3.8, 4) is 0 Å². The minimum absolute atomic E-state index is 0.194. The molecule has 0 spiro atoms. The number of unbranched alkanes of at least 4 members (excludes halogenated alkanes) is 28. The van der Waals surface area contributed by atoms with Gasteiger partial charge in [0.2, 0.25) is 5.91 Å².